The fourth-order valence-electron chi connectivity index (χ4n) is 3.74. The fraction of sp³-hybridized carbons (Fsp3) is 0.611. The zero-order valence-corrected chi connectivity index (χ0v) is 13.6. The van der Waals surface area contributed by atoms with Crippen LogP contribution in [0.4, 0.5) is 0 Å². The second kappa shape index (κ2) is 7.47. The summed E-state index contributed by atoms with van der Waals surface area (Å²) in [4.78, 5) is 25.3. The molecule has 2 unspecified atom stereocenters. The normalized spacial score (nSPS) is 25.9. The summed E-state index contributed by atoms with van der Waals surface area (Å²) in [6.45, 7) is 6.16. The van der Waals surface area contributed by atoms with Crippen molar-refractivity contribution in [1.29, 1.82) is 0 Å². The van der Waals surface area contributed by atoms with Gasteiger partial charge in [0, 0.05) is 0 Å². The summed E-state index contributed by atoms with van der Waals surface area (Å²) in [5.74, 6) is 0.355. The van der Waals surface area contributed by atoms with Crippen LogP contribution in [0.3, 0.4) is 0 Å². The molecule has 22 heavy (non-hydrogen) atoms. The van der Waals surface area contributed by atoms with Gasteiger partial charge in [0.05, 0.1) is 13.2 Å². The van der Waals surface area contributed by atoms with Crippen LogP contribution in [0.25, 0.3) is 0 Å². The maximum Gasteiger partial charge on any atom is 0.323 e. The van der Waals surface area contributed by atoms with Gasteiger partial charge in [-0.05, 0) is 70.1 Å². The standard InChI is InChI=1S/C18H25O4/c1-4-21-16(19)18(17(20)22-5-2)12-8-11-15(18)13(3)14-9-6-7-10-14/h6-7,9-10,13,15H,4-5,8,11-12H2,1-3H3. The third-order valence-electron chi connectivity index (χ3n) is 4.82. The molecule has 2 aliphatic rings. The maximum atomic E-state index is 12.6. The van der Waals surface area contributed by atoms with E-state index >= 15 is 0 Å². The number of hydrogen-bond acceptors (Lipinski definition) is 4. The highest BCUT2D eigenvalue weighted by Gasteiger charge is 2.59. The van der Waals surface area contributed by atoms with Crippen molar-refractivity contribution in [3.8, 4) is 0 Å². The topological polar surface area (TPSA) is 52.6 Å². The van der Waals surface area contributed by atoms with Crippen molar-refractivity contribution < 1.29 is 19.1 Å². The van der Waals surface area contributed by atoms with E-state index in [1.54, 1.807) is 13.8 Å². The molecular weight excluding hydrogens is 280 g/mol. The Bertz CT molecular complexity index is 380. The van der Waals surface area contributed by atoms with Crippen LogP contribution in [0.5, 0.6) is 0 Å². The van der Waals surface area contributed by atoms with E-state index in [2.05, 4.69) is 6.92 Å². The molecule has 0 saturated heterocycles. The molecule has 0 bridgehead atoms. The van der Waals surface area contributed by atoms with E-state index in [0.29, 0.717) is 6.42 Å². The van der Waals surface area contributed by atoms with E-state index in [1.165, 1.54) is 0 Å². The van der Waals surface area contributed by atoms with E-state index < -0.39 is 17.4 Å². The van der Waals surface area contributed by atoms with Crippen molar-refractivity contribution in [2.45, 2.75) is 40.0 Å². The van der Waals surface area contributed by atoms with Gasteiger partial charge in [-0.1, -0.05) is 13.3 Å². The smallest absolute Gasteiger partial charge is 0.323 e. The maximum absolute atomic E-state index is 12.6. The molecule has 0 amide bonds. The Morgan fingerprint density at radius 3 is 2.23 bits per heavy atom. The van der Waals surface area contributed by atoms with Crippen LogP contribution < -0.4 is 0 Å². The van der Waals surface area contributed by atoms with Gasteiger partial charge >= 0.3 is 11.9 Å². The van der Waals surface area contributed by atoms with Crippen LogP contribution in [0.1, 0.15) is 40.0 Å². The Kier molecular flexibility index (Phi) is 5.87. The zero-order chi connectivity index (χ0) is 16.2. The van der Waals surface area contributed by atoms with E-state index in [4.69, 9.17) is 9.47 Å². The molecule has 2 atom stereocenters. The van der Waals surface area contributed by atoms with Crippen LogP contribution >= 0.6 is 0 Å². The average molecular weight is 305 g/mol. The van der Waals surface area contributed by atoms with Crippen molar-refractivity contribution >= 4 is 11.9 Å². The minimum atomic E-state index is -1.15. The van der Waals surface area contributed by atoms with Crippen molar-refractivity contribution in [2.75, 3.05) is 13.2 Å². The van der Waals surface area contributed by atoms with Gasteiger partial charge < -0.3 is 9.47 Å². The van der Waals surface area contributed by atoms with E-state index in [9.17, 15) is 9.59 Å². The molecule has 2 aliphatic carbocycles. The Balaban J connectivity index is 2.28. The lowest BCUT2D eigenvalue weighted by atomic mass is 9.68. The van der Waals surface area contributed by atoms with Gasteiger partial charge in [-0.15, -0.1) is 0 Å². The van der Waals surface area contributed by atoms with Gasteiger partial charge in [0.2, 0.25) is 0 Å². The quantitative estimate of drug-likeness (QED) is 0.559. The second-order valence-corrected chi connectivity index (χ2v) is 5.92. The summed E-state index contributed by atoms with van der Waals surface area (Å²) in [5, 5.41) is 0. The van der Waals surface area contributed by atoms with Gasteiger partial charge in [0.1, 0.15) is 0 Å². The number of esters is 2. The molecule has 5 radical (unpaired) electrons. The molecule has 0 aromatic rings. The van der Waals surface area contributed by atoms with Gasteiger partial charge in [0.25, 0.3) is 0 Å². The highest BCUT2D eigenvalue weighted by molar-refractivity contribution is 6.01. The van der Waals surface area contributed by atoms with Crippen LogP contribution in [0.2, 0.25) is 0 Å². The summed E-state index contributed by atoms with van der Waals surface area (Å²) < 4.78 is 10.5. The molecule has 2 rings (SSSR count). The van der Waals surface area contributed by atoms with Gasteiger partial charge in [0.15, 0.2) is 5.41 Å². The molecule has 0 heterocycles. The summed E-state index contributed by atoms with van der Waals surface area (Å²) in [6.07, 6.45) is 10.3. The summed E-state index contributed by atoms with van der Waals surface area (Å²) in [6, 6.07) is 0. The van der Waals surface area contributed by atoms with E-state index in [-0.39, 0.29) is 25.0 Å². The molecule has 0 aliphatic heterocycles. The summed E-state index contributed by atoms with van der Waals surface area (Å²) >= 11 is 0. The third-order valence-corrected chi connectivity index (χ3v) is 4.82. The first kappa shape index (κ1) is 17.3. The Hall–Kier alpha value is -1.06. The largest absolute Gasteiger partial charge is 0.465 e. The fourth-order valence-corrected chi connectivity index (χ4v) is 3.74. The molecular formula is C18H25O4. The third kappa shape index (κ3) is 3.02. The Labute approximate surface area is 133 Å². The number of carbonyl (C=O) groups excluding carboxylic acids is 2. The first-order valence-corrected chi connectivity index (χ1v) is 8.14. The first-order chi connectivity index (χ1) is 10.6. The van der Waals surface area contributed by atoms with Crippen LogP contribution in [0, 0.1) is 48.9 Å². The number of ether oxygens (including phenoxy) is 2. The number of hydrogen-bond donors (Lipinski definition) is 0. The molecule has 4 nitrogen and oxygen atoms in total. The van der Waals surface area contributed by atoms with Gasteiger partial charge in [-0.3, -0.25) is 9.59 Å². The lowest BCUT2D eigenvalue weighted by molar-refractivity contribution is -0.176. The minimum absolute atomic E-state index is 0.0759. The lowest BCUT2D eigenvalue weighted by Gasteiger charge is -2.36. The van der Waals surface area contributed by atoms with Crippen molar-refractivity contribution in [3.05, 3.63) is 31.6 Å². The lowest BCUT2D eigenvalue weighted by Crippen LogP contribution is -2.47. The van der Waals surface area contributed by atoms with Crippen molar-refractivity contribution in [2.24, 2.45) is 17.3 Å². The van der Waals surface area contributed by atoms with Gasteiger partial charge in [-0.2, -0.15) is 0 Å². The SMILES string of the molecule is CCOC(=O)C1(C(=O)OCC)CCCC1C(C)[C]1[CH][CH][CH][CH]1. The van der Waals surface area contributed by atoms with Crippen LogP contribution in [-0.4, -0.2) is 25.2 Å². The minimum Gasteiger partial charge on any atom is -0.465 e. The molecule has 0 aromatic heterocycles. The van der Waals surface area contributed by atoms with Crippen molar-refractivity contribution in [3.63, 3.8) is 0 Å². The van der Waals surface area contributed by atoms with E-state index in [1.807, 2.05) is 25.7 Å². The molecule has 0 aromatic carbocycles. The summed E-state index contributed by atoms with van der Waals surface area (Å²) in [7, 11) is 0. The zero-order valence-electron chi connectivity index (χ0n) is 13.6. The second-order valence-electron chi connectivity index (χ2n) is 5.92. The highest BCUT2D eigenvalue weighted by atomic mass is 16.6. The first-order valence-electron chi connectivity index (χ1n) is 8.14. The number of carbonyl (C=O) groups is 2. The van der Waals surface area contributed by atoms with Crippen molar-refractivity contribution in [1.82, 2.24) is 0 Å². The predicted octanol–water partition coefficient (Wildman–Crippen LogP) is 2.94. The molecule has 2 fully saturated rings. The molecule has 4 heteroatoms. The van der Waals surface area contributed by atoms with Crippen LogP contribution in [0.15, 0.2) is 0 Å². The monoisotopic (exact) mass is 305 g/mol. The summed E-state index contributed by atoms with van der Waals surface area (Å²) in [5.41, 5.74) is -1.15. The molecule has 121 valence electrons. The van der Waals surface area contributed by atoms with Gasteiger partial charge in [-0.25, -0.2) is 0 Å². The Morgan fingerprint density at radius 2 is 1.73 bits per heavy atom. The van der Waals surface area contributed by atoms with E-state index in [0.717, 1.165) is 18.8 Å². The molecule has 0 spiro atoms. The molecule has 0 N–H and O–H groups in total. The predicted molar refractivity (Wildman–Crippen MR) is 82.6 cm³/mol. The average Bonchev–Trinajstić information content (AvgIpc) is 3.17. The Morgan fingerprint density at radius 1 is 1.18 bits per heavy atom. The van der Waals surface area contributed by atoms with Crippen LogP contribution in [-0.2, 0) is 19.1 Å². The number of rotatable bonds is 6. The highest BCUT2D eigenvalue weighted by Crippen LogP contribution is 2.52. The molecule has 2 saturated carbocycles.